The third kappa shape index (κ3) is 5.61. The van der Waals surface area contributed by atoms with Crippen molar-refractivity contribution < 1.29 is 9.84 Å². The SMILES string of the molecule is C=CCCN(CCO)CCN1CCOCC1. The monoisotopic (exact) mass is 228 g/mol. The second-order valence-corrected chi connectivity index (χ2v) is 4.10. The third-order valence-corrected chi connectivity index (χ3v) is 2.90. The molecule has 94 valence electrons. The molecule has 0 radical (unpaired) electrons. The fourth-order valence-electron chi connectivity index (χ4n) is 1.86. The van der Waals surface area contributed by atoms with Gasteiger partial charge in [0.1, 0.15) is 0 Å². The summed E-state index contributed by atoms with van der Waals surface area (Å²) < 4.78 is 5.31. The fourth-order valence-corrected chi connectivity index (χ4v) is 1.86. The van der Waals surface area contributed by atoms with Gasteiger partial charge in [0.25, 0.3) is 0 Å². The summed E-state index contributed by atoms with van der Waals surface area (Å²) in [5, 5.41) is 8.97. The molecule has 0 aromatic carbocycles. The van der Waals surface area contributed by atoms with E-state index >= 15 is 0 Å². The molecule has 1 saturated heterocycles. The van der Waals surface area contributed by atoms with Gasteiger partial charge in [-0.25, -0.2) is 0 Å². The summed E-state index contributed by atoms with van der Waals surface area (Å²) in [4.78, 5) is 4.71. The molecule has 0 amide bonds. The second kappa shape index (κ2) is 8.70. The van der Waals surface area contributed by atoms with Crippen LogP contribution in [-0.4, -0.2) is 74.0 Å². The minimum Gasteiger partial charge on any atom is -0.395 e. The van der Waals surface area contributed by atoms with Crippen LogP contribution in [0.2, 0.25) is 0 Å². The van der Waals surface area contributed by atoms with Crippen molar-refractivity contribution in [3.05, 3.63) is 12.7 Å². The van der Waals surface area contributed by atoms with Gasteiger partial charge in [0.15, 0.2) is 0 Å². The minimum atomic E-state index is 0.236. The number of morpholine rings is 1. The molecule has 4 heteroatoms. The zero-order chi connectivity index (χ0) is 11.6. The van der Waals surface area contributed by atoms with Gasteiger partial charge in [-0.1, -0.05) is 6.08 Å². The van der Waals surface area contributed by atoms with Crippen molar-refractivity contribution in [1.82, 2.24) is 9.80 Å². The van der Waals surface area contributed by atoms with E-state index in [4.69, 9.17) is 9.84 Å². The first-order valence-corrected chi connectivity index (χ1v) is 6.11. The highest BCUT2D eigenvalue weighted by Gasteiger charge is 2.11. The standard InChI is InChI=1S/C12H24N2O2/c1-2-3-4-13(7-10-15)5-6-14-8-11-16-12-9-14/h2,15H,1,3-12H2. The minimum absolute atomic E-state index is 0.236. The maximum absolute atomic E-state index is 8.97. The quantitative estimate of drug-likeness (QED) is 0.602. The third-order valence-electron chi connectivity index (χ3n) is 2.90. The first kappa shape index (κ1) is 13.6. The molecule has 0 spiro atoms. The highest BCUT2D eigenvalue weighted by Crippen LogP contribution is 1.98. The Morgan fingerprint density at radius 3 is 2.62 bits per heavy atom. The maximum Gasteiger partial charge on any atom is 0.0594 e. The van der Waals surface area contributed by atoms with Crippen LogP contribution in [0.25, 0.3) is 0 Å². The van der Waals surface area contributed by atoms with E-state index in [1.54, 1.807) is 0 Å². The predicted octanol–water partition coefficient (Wildman–Crippen LogP) is 0.189. The van der Waals surface area contributed by atoms with Crippen LogP contribution in [0.4, 0.5) is 0 Å². The number of rotatable bonds is 8. The predicted molar refractivity (Wildman–Crippen MR) is 65.6 cm³/mol. The number of aliphatic hydroxyl groups is 1. The summed E-state index contributed by atoms with van der Waals surface area (Å²) in [5.74, 6) is 0. The maximum atomic E-state index is 8.97. The van der Waals surface area contributed by atoms with Crippen LogP contribution >= 0.6 is 0 Å². The molecule has 0 saturated carbocycles. The summed E-state index contributed by atoms with van der Waals surface area (Å²) in [6.45, 7) is 11.6. The molecular formula is C12H24N2O2. The fraction of sp³-hybridized carbons (Fsp3) is 0.833. The number of nitrogens with zero attached hydrogens (tertiary/aromatic N) is 2. The van der Waals surface area contributed by atoms with Crippen LogP contribution in [0.1, 0.15) is 6.42 Å². The summed E-state index contributed by atoms with van der Waals surface area (Å²) in [6.07, 6.45) is 2.92. The van der Waals surface area contributed by atoms with Gasteiger partial charge in [-0.05, 0) is 6.42 Å². The largest absolute Gasteiger partial charge is 0.395 e. The van der Waals surface area contributed by atoms with Crippen molar-refractivity contribution >= 4 is 0 Å². The van der Waals surface area contributed by atoms with Crippen LogP contribution in [0.15, 0.2) is 12.7 Å². The summed E-state index contributed by atoms with van der Waals surface area (Å²) in [7, 11) is 0. The Morgan fingerprint density at radius 1 is 1.25 bits per heavy atom. The van der Waals surface area contributed by atoms with Crippen molar-refractivity contribution in [2.45, 2.75) is 6.42 Å². The molecule has 1 aliphatic rings. The Balaban J connectivity index is 2.16. The Morgan fingerprint density at radius 2 is 2.00 bits per heavy atom. The molecule has 1 fully saturated rings. The lowest BCUT2D eigenvalue weighted by molar-refractivity contribution is 0.0326. The van der Waals surface area contributed by atoms with Crippen LogP contribution in [0, 0.1) is 0 Å². The molecule has 0 aromatic heterocycles. The zero-order valence-corrected chi connectivity index (χ0v) is 10.1. The molecule has 0 atom stereocenters. The van der Waals surface area contributed by atoms with E-state index in [9.17, 15) is 0 Å². The van der Waals surface area contributed by atoms with Gasteiger partial charge in [-0.15, -0.1) is 6.58 Å². The van der Waals surface area contributed by atoms with Crippen molar-refractivity contribution in [3.8, 4) is 0 Å². The lowest BCUT2D eigenvalue weighted by atomic mass is 10.3. The summed E-state index contributed by atoms with van der Waals surface area (Å²) in [6, 6.07) is 0. The van der Waals surface area contributed by atoms with Crippen LogP contribution in [0.5, 0.6) is 0 Å². The van der Waals surface area contributed by atoms with E-state index < -0.39 is 0 Å². The van der Waals surface area contributed by atoms with Gasteiger partial charge in [0.05, 0.1) is 19.8 Å². The van der Waals surface area contributed by atoms with E-state index in [1.165, 1.54) is 0 Å². The Labute approximate surface area is 98.5 Å². The molecule has 4 nitrogen and oxygen atoms in total. The summed E-state index contributed by atoms with van der Waals surface area (Å²) in [5.41, 5.74) is 0. The van der Waals surface area contributed by atoms with E-state index in [0.29, 0.717) is 0 Å². The van der Waals surface area contributed by atoms with Gasteiger partial charge in [0, 0.05) is 39.3 Å². The van der Waals surface area contributed by atoms with Crippen LogP contribution in [0.3, 0.4) is 0 Å². The van der Waals surface area contributed by atoms with Gasteiger partial charge in [-0.3, -0.25) is 9.80 Å². The Hall–Kier alpha value is -0.420. The smallest absolute Gasteiger partial charge is 0.0594 e. The van der Waals surface area contributed by atoms with Crippen molar-refractivity contribution in [2.75, 3.05) is 59.1 Å². The number of hydrogen-bond acceptors (Lipinski definition) is 4. The van der Waals surface area contributed by atoms with E-state index in [-0.39, 0.29) is 6.61 Å². The average Bonchev–Trinajstić information content (AvgIpc) is 2.34. The van der Waals surface area contributed by atoms with E-state index in [1.807, 2.05) is 6.08 Å². The topological polar surface area (TPSA) is 35.9 Å². The summed E-state index contributed by atoms with van der Waals surface area (Å²) >= 11 is 0. The lowest BCUT2D eigenvalue weighted by Crippen LogP contribution is -2.42. The number of aliphatic hydroxyl groups excluding tert-OH is 1. The van der Waals surface area contributed by atoms with Crippen molar-refractivity contribution in [3.63, 3.8) is 0 Å². The van der Waals surface area contributed by atoms with Gasteiger partial charge >= 0.3 is 0 Å². The van der Waals surface area contributed by atoms with Gasteiger partial charge in [-0.2, -0.15) is 0 Å². The van der Waals surface area contributed by atoms with Gasteiger partial charge in [0.2, 0.25) is 0 Å². The van der Waals surface area contributed by atoms with Crippen LogP contribution < -0.4 is 0 Å². The highest BCUT2D eigenvalue weighted by atomic mass is 16.5. The molecule has 0 aliphatic carbocycles. The normalized spacial score (nSPS) is 17.9. The van der Waals surface area contributed by atoms with E-state index in [2.05, 4.69) is 16.4 Å². The molecule has 0 unspecified atom stereocenters. The molecule has 16 heavy (non-hydrogen) atoms. The van der Waals surface area contributed by atoms with Crippen LogP contribution in [-0.2, 0) is 4.74 Å². The number of ether oxygens (including phenoxy) is 1. The van der Waals surface area contributed by atoms with Gasteiger partial charge < -0.3 is 9.84 Å². The average molecular weight is 228 g/mol. The zero-order valence-electron chi connectivity index (χ0n) is 10.1. The molecule has 1 aliphatic heterocycles. The molecule has 1 N–H and O–H groups in total. The first-order chi connectivity index (χ1) is 7.86. The second-order valence-electron chi connectivity index (χ2n) is 4.10. The molecule has 0 bridgehead atoms. The van der Waals surface area contributed by atoms with E-state index in [0.717, 1.165) is 58.9 Å². The molecule has 0 aromatic rings. The molecular weight excluding hydrogens is 204 g/mol. The molecule has 1 heterocycles. The van der Waals surface area contributed by atoms with Crippen molar-refractivity contribution in [2.24, 2.45) is 0 Å². The lowest BCUT2D eigenvalue weighted by Gasteiger charge is -2.29. The Kier molecular flexibility index (Phi) is 7.42. The number of hydrogen-bond donors (Lipinski definition) is 1. The highest BCUT2D eigenvalue weighted by molar-refractivity contribution is 4.71. The first-order valence-electron chi connectivity index (χ1n) is 6.11. The molecule has 1 rings (SSSR count). The van der Waals surface area contributed by atoms with Crippen molar-refractivity contribution in [1.29, 1.82) is 0 Å². The Bertz CT molecular complexity index is 182.